The molecule has 3 nitrogen and oxygen atoms in total. The quantitative estimate of drug-likeness (QED) is 0.746. The van der Waals surface area contributed by atoms with Crippen LogP contribution in [-0.4, -0.2) is 24.4 Å². The Morgan fingerprint density at radius 3 is 2.44 bits per heavy atom. The second-order valence-corrected chi connectivity index (χ2v) is 4.53. The summed E-state index contributed by atoms with van der Waals surface area (Å²) in [5.74, 6) is 0.912. The maximum atomic E-state index is 9.48. The van der Waals surface area contributed by atoms with Gasteiger partial charge in [0.25, 0.3) is 0 Å². The van der Waals surface area contributed by atoms with E-state index >= 15 is 0 Å². The highest BCUT2D eigenvalue weighted by atomic mass is 16.5. The largest absolute Gasteiger partial charge is 0.494 e. The number of nitrogens with one attached hydrogen (secondary N) is 1. The Morgan fingerprint density at radius 2 is 1.89 bits per heavy atom. The summed E-state index contributed by atoms with van der Waals surface area (Å²) in [6, 6.07) is 8.46. The predicted molar refractivity (Wildman–Crippen MR) is 74.9 cm³/mol. The molecule has 3 heteroatoms. The average molecular weight is 251 g/mol. The molecule has 0 aromatic heterocycles. The zero-order valence-electron chi connectivity index (χ0n) is 11.6. The van der Waals surface area contributed by atoms with Gasteiger partial charge in [-0.05, 0) is 50.9 Å². The lowest BCUT2D eigenvalue weighted by molar-refractivity contribution is 0.159. The van der Waals surface area contributed by atoms with Crippen molar-refractivity contribution in [3.05, 3.63) is 29.8 Å². The third-order valence-electron chi connectivity index (χ3n) is 3.09. The minimum atomic E-state index is -0.190. The molecule has 1 aromatic carbocycles. The standard InChI is InChI=1S/C15H25NO2/c1-4-14(17)10-11-16-12(3)13-6-8-15(9-7-13)18-5-2/h6-9,12,14,16-17H,4-5,10-11H2,1-3H3. The molecular weight excluding hydrogens is 226 g/mol. The second-order valence-electron chi connectivity index (χ2n) is 4.53. The summed E-state index contributed by atoms with van der Waals surface area (Å²) >= 11 is 0. The first kappa shape index (κ1) is 15.0. The lowest BCUT2D eigenvalue weighted by Crippen LogP contribution is -2.23. The number of rotatable bonds is 8. The first-order valence-electron chi connectivity index (χ1n) is 6.81. The molecule has 0 spiro atoms. The predicted octanol–water partition coefficient (Wildman–Crippen LogP) is 2.90. The van der Waals surface area contributed by atoms with Crippen molar-refractivity contribution in [2.24, 2.45) is 0 Å². The number of aliphatic hydroxyl groups is 1. The topological polar surface area (TPSA) is 41.5 Å². The van der Waals surface area contributed by atoms with Crippen molar-refractivity contribution >= 4 is 0 Å². The molecule has 1 rings (SSSR count). The van der Waals surface area contributed by atoms with Gasteiger partial charge in [0.05, 0.1) is 12.7 Å². The first-order valence-corrected chi connectivity index (χ1v) is 6.81. The Balaban J connectivity index is 2.39. The summed E-state index contributed by atoms with van der Waals surface area (Å²) in [5.41, 5.74) is 1.24. The Kier molecular flexibility index (Phi) is 6.76. The van der Waals surface area contributed by atoms with Gasteiger partial charge in [0, 0.05) is 6.04 Å². The monoisotopic (exact) mass is 251 g/mol. The molecule has 0 aliphatic rings. The molecule has 0 bridgehead atoms. The van der Waals surface area contributed by atoms with Crippen molar-refractivity contribution in [2.45, 2.75) is 45.8 Å². The van der Waals surface area contributed by atoms with E-state index in [-0.39, 0.29) is 6.10 Å². The SMILES string of the molecule is CCOc1ccc(C(C)NCCC(O)CC)cc1. The zero-order valence-corrected chi connectivity index (χ0v) is 11.6. The van der Waals surface area contributed by atoms with E-state index in [2.05, 4.69) is 24.4 Å². The van der Waals surface area contributed by atoms with E-state index in [0.29, 0.717) is 12.6 Å². The number of hydrogen-bond acceptors (Lipinski definition) is 3. The molecule has 0 aliphatic heterocycles. The van der Waals surface area contributed by atoms with Gasteiger partial charge in [-0.1, -0.05) is 19.1 Å². The zero-order chi connectivity index (χ0) is 13.4. The molecule has 0 fully saturated rings. The Bertz CT molecular complexity index is 324. The van der Waals surface area contributed by atoms with E-state index in [4.69, 9.17) is 4.74 Å². The lowest BCUT2D eigenvalue weighted by atomic mass is 10.1. The maximum absolute atomic E-state index is 9.48. The van der Waals surface area contributed by atoms with Gasteiger partial charge >= 0.3 is 0 Å². The first-order chi connectivity index (χ1) is 8.67. The number of aliphatic hydroxyl groups excluding tert-OH is 1. The van der Waals surface area contributed by atoms with Crippen molar-refractivity contribution in [3.63, 3.8) is 0 Å². The molecule has 0 amide bonds. The van der Waals surface area contributed by atoms with Crippen molar-refractivity contribution in [3.8, 4) is 5.75 Å². The Hall–Kier alpha value is -1.06. The summed E-state index contributed by atoms with van der Waals surface area (Å²) in [6.45, 7) is 7.65. The average Bonchev–Trinajstić information content (AvgIpc) is 2.39. The van der Waals surface area contributed by atoms with Crippen LogP contribution in [0.1, 0.15) is 45.2 Å². The summed E-state index contributed by atoms with van der Waals surface area (Å²) in [6.07, 6.45) is 1.43. The number of hydrogen-bond donors (Lipinski definition) is 2. The molecule has 2 unspecified atom stereocenters. The van der Waals surface area contributed by atoms with Crippen molar-refractivity contribution in [1.29, 1.82) is 0 Å². The second kappa shape index (κ2) is 8.11. The van der Waals surface area contributed by atoms with Crippen molar-refractivity contribution in [2.75, 3.05) is 13.2 Å². The van der Waals surface area contributed by atoms with Crippen molar-refractivity contribution < 1.29 is 9.84 Å². The fourth-order valence-electron chi connectivity index (χ4n) is 1.81. The molecular formula is C15H25NO2. The van der Waals surface area contributed by atoms with Crippen LogP contribution in [-0.2, 0) is 0 Å². The van der Waals surface area contributed by atoms with Crippen LogP contribution < -0.4 is 10.1 Å². The highest BCUT2D eigenvalue weighted by Gasteiger charge is 2.06. The fourth-order valence-corrected chi connectivity index (χ4v) is 1.81. The highest BCUT2D eigenvalue weighted by Crippen LogP contribution is 2.17. The smallest absolute Gasteiger partial charge is 0.119 e. The molecule has 2 N–H and O–H groups in total. The van der Waals surface area contributed by atoms with E-state index in [1.54, 1.807) is 0 Å². The van der Waals surface area contributed by atoms with Gasteiger partial charge in [-0.2, -0.15) is 0 Å². The minimum absolute atomic E-state index is 0.190. The summed E-state index contributed by atoms with van der Waals surface area (Å²) in [4.78, 5) is 0. The molecule has 0 heterocycles. The summed E-state index contributed by atoms with van der Waals surface area (Å²) in [7, 11) is 0. The minimum Gasteiger partial charge on any atom is -0.494 e. The van der Waals surface area contributed by atoms with E-state index in [1.165, 1.54) is 5.56 Å². The summed E-state index contributed by atoms with van der Waals surface area (Å²) in [5, 5.41) is 12.9. The molecule has 0 saturated heterocycles. The van der Waals surface area contributed by atoms with Crippen LogP contribution in [0.15, 0.2) is 24.3 Å². The van der Waals surface area contributed by atoms with Crippen molar-refractivity contribution in [1.82, 2.24) is 5.32 Å². The van der Waals surface area contributed by atoms with Gasteiger partial charge in [0.1, 0.15) is 5.75 Å². The van der Waals surface area contributed by atoms with Gasteiger partial charge in [0.2, 0.25) is 0 Å². The molecule has 0 aliphatic carbocycles. The Labute approximate surface area is 110 Å². The maximum Gasteiger partial charge on any atom is 0.119 e. The van der Waals surface area contributed by atoms with Crippen LogP contribution in [0.25, 0.3) is 0 Å². The summed E-state index contributed by atoms with van der Waals surface area (Å²) < 4.78 is 5.41. The molecule has 0 saturated carbocycles. The highest BCUT2D eigenvalue weighted by molar-refractivity contribution is 5.28. The normalized spacial score (nSPS) is 14.2. The van der Waals surface area contributed by atoms with Crippen LogP contribution in [0.3, 0.4) is 0 Å². The third kappa shape index (κ3) is 5.07. The van der Waals surface area contributed by atoms with Crippen LogP contribution in [0.4, 0.5) is 0 Å². The van der Waals surface area contributed by atoms with Gasteiger partial charge in [-0.3, -0.25) is 0 Å². The van der Waals surface area contributed by atoms with Gasteiger partial charge in [-0.15, -0.1) is 0 Å². The van der Waals surface area contributed by atoms with E-state index in [1.807, 2.05) is 26.0 Å². The molecule has 18 heavy (non-hydrogen) atoms. The van der Waals surface area contributed by atoms with Gasteiger partial charge < -0.3 is 15.2 Å². The van der Waals surface area contributed by atoms with E-state index in [9.17, 15) is 5.11 Å². The van der Waals surface area contributed by atoms with Crippen LogP contribution in [0.5, 0.6) is 5.75 Å². The van der Waals surface area contributed by atoms with E-state index in [0.717, 1.165) is 25.1 Å². The third-order valence-corrected chi connectivity index (χ3v) is 3.09. The molecule has 0 radical (unpaired) electrons. The van der Waals surface area contributed by atoms with Crippen LogP contribution >= 0.6 is 0 Å². The van der Waals surface area contributed by atoms with Crippen LogP contribution in [0.2, 0.25) is 0 Å². The fraction of sp³-hybridized carbons (Fsp3) is 0.600. The molecule has 2 atom stereocenters. The Morgan fingerprint density at radius 1 is 1.22 bits per heavy atom. The van der Waals surface area contributed by atoms with Crippen LogP contribution in [0, 0.1) is 0 Å². The molecule has 1 aromatic rings. The van der Waals surface area contributed by atoms with E-state index < -0.39 is 0 Å². The number of ether oxygens (including phenoxy) is 1. The van der Waals surface area contributed by atoms with Gasteiger partial charge in [-0.25, -0.2) is 0 Å². The lowest BCUT2D eigenvalue weighted by Gasteiger charge is -2.16. The number of benzene rings is 1. The van der Waals surface area contributed by atoms with Gasteiger partial charge in [0.15, 0.2) is 0 Å². The molecule has 102 valence electrons.